The number of hydrogen-bond donors (Lipinski definition) is 1. The number of anilines is 1. The van der Waals surface area contributed by atoms with E-state index >= 15 is 0 Å². The molecule has 15 heavy (non-hydrogen) atoms. The fraction of sp³-hybridized carbons (Fsp3) is 0.583. The van der Waals surface area contributed by atoms with Gasteiger partial charge in [0.2, 0.25) is 0 Å². The SMILES string of the molecule is C[C@H](N)Cc1ccc(N2CCCC2)nc1. The molecular weight excluding hydrogens is 186 g/mol. The topological polar surface area (TPSA) is 42.1 Å². The van der Waals surface area contributed by atoms with E-state index in [0.717, 1.165) is 25.3 Å². The number of rotatable bonds is 3. The standard InChI is InChI=1S/C12H19N3/c1-10(13)8-11-4-5-12(14-9-11)15-6-2-3-7-15/h4-5,9-10H,2-3,6-8,13H2,1H3/t10-/m0/s1. The Balaban J connectivity index is 2.03. The number of hydrogen-bond acceptors (Lipinski definition) is 3. The lowest BCUT2D eigenvalue weighted by Gasteiger charge is -2.16. The molecule has 3 heteroatoms. The quantitative estimate of drug-likeness (QED) is 0.814. The molecule has 1 aromatic heterocycles. The summed E-state index contributed by atoms with van der Waals surface area (Å²) in [4.78, 5) is 6.83. The van der Waals surface area contributed by atoms with Crippen molar-refractivity contribution < 1.29 is 0 Å². The molecular formula is C12H19N3. The number of aromatic nitrogens is 1. The smallest absolute Gasteiger partial charge is 0.128 e. The molecule has 2 N–H and O–H groups in total. The zero-order chi connectivity index (χ0) is 10.7. The van der Waals surface area contributed by atoms with Gasteiger partial charge in [0.1, 0.15) is 5.82 Å². The highest BCUT2D eigenvalue weighted by Crippen LogP contribution is 2.17. The lowest BCUT2D eigenvalue weighted by molar-refractivity contribution is 0.735. The van der Waals surface area contributed by atoms with Crippen molar-refractivity contribution in [3.8, 4) is 0 Å². The molecule has 0 aromatic carbocycles. The van der Waals surface area contributed by atoms with E-state index in [9.17, 15) is 0 Å². The Morgan fingerprint density at radius 2 is 2.13 bits per heavy atom. The van der Waals surface area contributed by atoms with Crippen molar-refractivity contribution in [2.45, 2.75) is 32.2 Å². The van der Waals surface area contributed by atoms with Gasteiger partial charge >= 0.3 is 0 Å². The van der Waals surface area contributed by atoms with Gasteiger partial charge in [-0.15, -0.1) is 0 Å². The van der Waals surface area contributed by atoms with Crippen LogP contribution < -0.4 is 10.6 Å². The summed E-state index contributed by atoms with van der Waals surface area (Å²) in [6.07, 6.45) is 5.46. The van der Waals surface area contributed by atoms with Crippen molar-refractivity contribution in [3.05, 3.63) is 23.9 Å². The van der Waals surface area contributed by atoms with Crippen LogP contribution in [0.1, 0.15) is 25.3 Å². The average molecular weight is 205 g/mol. The van der Waals surface area contributed by atoms with Crippen LogP contribution in [0.4, 0.5) is 5.82 Å². The van der Waals surface area contributed by atoms with Crippen LogP contribution in [0.3, 0.4) is 0 Å². The maximum absolute atomic E-state index is 5.75. The van der Waals surface area contributed by atoms with Crippen LogP contribution in [0.15, 0.2) is 18.3 Å². The molecule has 0 unspecified atom stereocenters. The number of pyridine rings is 1. The molecule has 0 saturated carbocycles. The summed E-state index contributed by atoms with van der Waals surface area (Å²) in [5.74, 6) is 1.11. The number of nitrogens with two attached hydrogens (primary N) is 1. The van der Waals surface area contributed by atoms with E-state index in [1.54, 1.807) is 0 Å². The van der Waals surface area contributed by atoms with Gasteiger partial charge < -0.3 is 10.6 Å². The molecule has 2 heterocycles. The highest BCUT2D eigenvalue weighted by Gasteiger charge is 2.12. The molecule has 1 aliphatic rings. The van der Waals surface area contributed by atoms with E-state index in [0.29, 0.717) is 0 Å². The Morgan fingerprint density at radius 3 is 2.67 bits per heavy atom. The van der Waals surface area contributed by atoms with Gasteiger partial charge in [0.25, 0.3) is 0 Å². The molecule has 0 spiro atoms. The number of nitrogens with zero attached hydrogens (tertiary/aromatic N) is 2. The summed E-state index contributed by atoms with van der Waals surface area (Å²) >= 11 is 0. The first-order valence-electron chi connectivity index (χ1n) is 5.71. The summed E-state index contributed by atoms with van der Waals surface area (Å²) in [7, 11) is 0. The van der Waals surface area contributed by atoms with Gasteiger partial charge in [0, 0.05) is 25.3 Å². The molecule has 1 atom stereocenters. The van der Waals surface area contributed by atoms with Gasteiger partial charge in [-0.2, -0.15) is 0 Å². The molecule has 1 saturated heterocycles. The maximum Gasteiger partial charge on any atom is 0.128 e. The van der Waals surface area contributed by atoms with Gasteiger partial charge in [0.15, 0.2) is 0 Å². The molecule has 2 rings (SSSR count). The second-order valence-electron chi connectivity index (χ2n) is 4.40. The van der Waals surface area contributed by atoms with E-state index in [2.05, 4.69) is 22.0 Å². The Bertz CT molecular complexity index is 299. The highest BCUT2D eigenvalue weighted by atomic mass is 15.2. The monoisotopic (exact) mass is 205 g/mol. The highest BCUT2D eigenvalue weighted by molar-refractivity contribution is 5.40. The molecule has 0 amide bonds. The summed E-state index contributed by atoms with van der Waals surface area (Å²) in [6, 6.07) is 4.47. The third kappa shape index (κ3) is 2.69. The van der Waals surface area contributed by atoms with Gasteiger partial charge in [-0.3, -0.25) is 0 Å². The Morgan fingerprint density at radius 1 is 1.40 bits per heavy atom. The molecule has 1 fully saturated rings. The van der Waals surface area contributed by atoms with Gasteiger partial charge in [-0.1, -0.05) is 6.07 Å². The third-order valence-electron chi connectivity index (χ3n) is 2.80. The maximum atomic E-state index is 5.75. The second-order valence-corrected chi connectivity index (χ2v) is 4.40. The van der Waals surface area contributed by atoms with E-state index < -0.39 is 0 Å². The largest absolute Gasteiger partial charge is 0.357 e. The minimum atomic E-state index is 0.212. The zero-order valence-corrected chi connectivity index (χ0v) is 9.32. The molecule has 1 aliphatic heterocycles. The molecule has 3 nitrogen and oxygen atoms in total. The Kier molecular flexibility index (Phi) is 3.21. The molecule has 1 aromatic rings. The Hall–Kier alpha value is -1.09. The van der Waals surface area contributed by atoms with Crippen LogP contribution in [-0.4, -0.2) is 24.1 Å². The molecule has 0 bridgehead atoms. The first-order valence-corrected chi connectivity index (χ1v) is 5.71. The van der Waals surface area contributed by atoms with Crippen LogP contribution in [0.2, 0.25) is 0 Å². The van der Waals surface area contributed by atoms with Crippen LogP contribution in [-0.2, 0) is 6.42 Å². The molecule has 0 radical (unpaired) electrons. The summed E-state index contributed by atoms with van der Waals surface area (Å²) < 4.78 is 0. The minimum absolute atomic E-state index is 0.212. The van der Waals surface area contributed by atoms with Crippen molar-refractivity contribution in [2.24, 2.45) is 5.73 Å². The fourth-order valence-corrected chi connectivity index (χ4v) is 2.04. The van der Waals surface area contributed by atoms with E-state index in [4.69, 9.17) is 5.73 Å². The predicted octanol–water partition coefficient (Wildman–Crippen LogP) is 1.57. The first kappa shape index (κ1) is 10.4. The zero-order valence-electron chi connectivity index (χ0n) is 9.32. The summed E-state index contributed by atoms with van der Waals surface area (Å²) in [5, 5.41) is 0. The van der Waals surface area contributed by atoms with E-state index in [1.807, 2.05) is 13.1 Å². The van der Waals surface area contributed by atoms with E-state index in [1.165, 1.54) is 18.4 Å². The Labute approximate surface area is 91.3 Å². The predicted molar refractivity (Wildman–Crippen MR) is 63.0 cm³/mol. The summed E-state index contributed by atoms with van der Waals surface area (Å²) in [5.41, 5.74) is 6.98. The minimum Gasteiger partial charge on any atom is -0.357 e. The van der Waals surface area contributed by atoms with Crippen LogP contribution in [0.25, 0.3) is 0 Å². The van der Waals surface area contributed by atoms with Gasteiger partial charge in [0.05, 0.1) is 0 Å². The second kappa shape index (κ2) is 4.62. The third-order valence-corrected chi connectivity index (χ3v) is 2.80. The summed E-state index contributed by atoms with van der Waals surface area (Å²) in [6.45, 7) is 4.33. The first-order chi connectivity index (χ1) is 7.25. The van der Waals surface area contributed by atoms with E-state index in [-0.39, 0.29) is 6.04 Å². The lowest BCUT2D eigenvalue weighted by atomic mass is 10.1. The molecule has 82 valence electrons. The fourth-order valence-electron chi connectivity index (χ4n) is 2.04. The molecule has 0 aliphatic carbocycles. The van der Waals surface area contributed by atoms with Crippen LogP contribution >= 0.6 is 0 Å². The van der Waals surface area contributed by atoms with Crippen molar-refractivity contribution in [1.82, 2.24) is 4.98 Å². The van der Waals surface area contributed by atoms with Crippen molar-refractivity contribution in [3.63, 3.8) is 0 Å². The van der Waals surface area contributed by atoms with Crippen molar-refractivity contribution >= 4 is 5.82 Å². The van der Waals surface area contributed by atoms with Crippen molar-refractivity contribution in [2.75, 3.05) is 18.0 Å². The van der Waals surface area contributed by atoms with Crippen LogP contribution in [0.5, 0.6) is 0 Å². The van der Waals surface area contributed by atoms with Gasteiger partial charge in [-0.25, -0.2) is 4.98 Å². The van der Waals surface area contributed by atoms with Crippen molar-refractivity contribution in [1.29, 1.82) is 0 Å². The average Bonchev–Trinajstić information content (AvgIpc) is 2.71. The lowest BCUT2D eigenvalue weighted by Crippen LogP contribution is -2.20. The van der Waals surface area contributed by atoms with Crippen LogP contribution in [0, 0.1) is 0 Å². The normalized spacial score (nSPS) is 18.1. The van der Waals surface area contributed by atoms with Gasteiger partial charge in [-0.05, 0) is 37.8 Å².